The summed E-state index contributed by atoms with van der Waals surface area (Å²) in [5.74, 6) is 1.44. The van der Waals surface area contributed by atoms with Crippen molar-refractivity contribution in [1.29, 1.82) is 0 Å². The van der Waals surface area contributed by atoms with Gasteiger partial charge in [0.25, 0.3) is 0 Å². The smallest absolute Gasteiger partial charge is 0.232 e. The standard InChI is InChI=1S/C23H20FN3O2S/c24-17-6-8-18(9-7-17)29-22-21-19(16-4-2-1-3-5-16)15-30-23(21)26-20(25-22)14-27-10-12-28-13-11-27/h1-9,15H,10-14H2. The molecule has 0 saturated carbocycles. The minimum Gasteiger partial charge on any atom is -0.438 e. The van der Waals surface area contributed by atoms with Crippen molar-refractivity contribution in [2.75, 3.05) is 26.3 Å². The molecule has 1 aliphatic heterocycles. The number of thiophene rings is 1. The molecule has 0 bridgehead atoms. The Morgan fingerprint density at radius 2 is 1.77 bits per heavy atom. The zero-order valence-corrected chi connectivity index (χ0v) is 17.1. The molecule has 1 aliphatic rings. The Morgan fingerprint density at radius 3 is 2.53 bits per heavy atom. The Kier molecular flexibility index (Phi) is 5.40. The zero-order valence-electron chi connectivity index (χ0n) is 16.3. The monoisotopic (exact) mass is 421 g/mol. The van der Waals surface area contributed by atoms with E-state index in [1.807, 2.05) is 18.2 Å². The highest BCUT2D eigenvalue weighted by atomic mass is 32.1. The van der Waals surface area contributed by atoms with E-state index < -0.39 is 0 Å². The SMILES string of the molecule is Fc1ccc(Oc2nc(CN3CCOCC3)nc3scc(-c4ccccc4)c23)cc1. The third-order valence-electron chi connectivity index (χ3n) is 5.03. The predicted octanol–water partition coefficient (Wildman–Crippen LogP) is 5.12. The van der Waals surface area contributed by atoms with Crippen LogP contribution in [0.1, 0.15) is 5.82 Å². The van der Waals surface area contributed by atoms with Gasteiger partial charge in [0.15, 0.2) is 0 Å². The quantitative estimate of drug-likeness (QED) is 0.448. The average Bonchev–Trinajstić information content (AvgIpc) is 3.21. The van der Waals surface area contributed by atoms with E-state index in [-0.39, 0.29) is 5.82 Å². The molecule has 1 saturated heterocycles. The molecule has 2 aromatic heterocycles. The highest BCUT2D eigenvalue weighted by Gasteiger charge is 2.19. The first-order chi connectivity index (χ1) is 14.8. The van der Waals surface area contributed by atoms with Crippen LogP contribution in [0, 0.1) is 5.82 Å². The normalized spacial score (nSPS) is 14.8. The Labute approximate surface area is 177 Å². The van der Waals surface area contributed by atoms with E-state index in [4.69, 9.17) is 19.4 Å². The summed E-state index contributed by atoms with van der Waals surface area (Å²) < 4.78 is 24.9. The van der Waals surface area contributed by atoms with Crippen LogP contribution >= 0.6 is 11.3 Å². The fourth-order valence-electron chi connectivity index (χ4n) is 3.50. The van der Waals surface area contributed by atoms with Crippen molar-refractivity contribution in [3.63, 3.8) is 0 Å². The fourth-order valence-corrected chi connectivity index (χ4v) is 4.46. The number of nitrogens with zero attached hydrogens (tertiary/aromatic N) is 3. The molecular weight excluding hydrogens is 401 g/mol. The summed E-state index contributed by atoms with van der Waals surface area (Å²) in [4.78, 5) is 12.7. The molecule has 0 N–H and O–H groups in total. The van der Waals surface area contributed by atoms with Gasteiger partial charge in [0.05, 0.1) is 25.1 Å². The Balaban J connectivity index is 1.58. The third-order valence-corrected chi connectivity index (χ3v) is 5.90. The molecule has 30 heavy (non-hydrogen) atoms. The van der Waals surface area contributed by atoms with Crippen molar-refractivity contribution in [2.24, 2.45) is 0 Å². The lowest BCUT2D eigenvalue weighted by molar-refractivity contribution is 0.0330. The summed E-state index contributed by atoms with van der Waals surface area (Å²) in [6.07, 6.45) is 0. The fraction of sp³-hybridized carbons (Fsp3) is 0.217. The van der Waals surface area contributed by atoms with Crippen molar-refractivity contribution < 1.29 is 13.9 Å². The lowest BCUT2D eigenvalue weighted by atomic mass is 10.1. The molecule has 152 valence electrons. The van der Waals surface area contributed by atoms with E-state index in [1.165, 1.54) is 12.1 Å². The summed E-state index contributed by atoms with van der Waals surface area (Å²) in [7, 11) is 0. The van der Waals surface area contributed by atoms with Gasteiger partial charge in [-0.2, -0.15) is 4.98 Å². The molecule has 3 heterocycles. The van der Waals surface area contributed by atoms with Gasteiger partial charge in [-0.1, -0.05) is 30.3 Å². The molecule has 4 aromatic rings. The molecule has 5 nitrogen and oxygen atoms in total. The molecular formula is C23H20FN3O2S. The van der Waals surface area contributed by atoms with Crippen molar-refractivity contribution in [2.45, 2.75) is 6.54 Å². The van der Waals surface area contributed by atoms with Crippen LogP contribution in [-0.2, 0) is 11.3 Å². The number of morpholine rings is 1. The van der Waals surface area contributed by atoms with E-state index in [1.54, 1.807) is 23.5 Å². The molecule has 0 radical (unpaired) electrons. The van der Waals surface area contributed by atoms with Crippen LogP contribution in [0.4, 0.5) is 4.39 Å². The van der Waals surface area contributed by atoms with E-state index >= 15 is 0 Å². The maximum Gasteiger partial charge on any atom is 0.232 e. The predicted molar refractivity (Wildman–Crippen MR) is 115 cm³/mol. The summed E-state index contributed by atoms with van der Waals surface area (Å²) in [5.41, 5.74) is 2.11. The molecule has 7 heteroatoms. The minimum atomic E-state index is -0.302. The van der Waals surface area contributed by atoms with Crippen LogP contribution in [0.3, 0.4) is 0 Å². The highest BCUT2D eigenvalue weighted by molar-refractivity contribution is 7.17. The number of hydrogen-bond acceptors (Lipinski definition) is 6. The minimum absolute atomic E-state index is 0.302. The molecule has 0 atom stereocenters. The lowest BCUT2D eigenvalue weighted by Crippen LogP contribution is -2.36. The van der Waals surface area contributed by atoms with E-state index in [2.05, 4.69) is 22.4 Å². The first-order valence-corrected chi connectivity index (χ1v) is 10.7. The van der Waals surface area contributed by atoms with Crippen LogP contribution in [0.5, 0.6) is 11.6 Å². The van der Waals surface area contributed by atoms with E-state index in [9.17, 15) is 4.39 Å². The lowest BCUT2D eigenvalue weighted by Gasteiger charge is -2.25. The second-order valence-corrected chi connectivity index (χ2v) is 7.94. The van der Waals surface area contributed by atoms with Gasteiger partial charge < -0.3 is 9.47 Å². The Bertz CT molecular complexity index is 1140. The van der Waals surface area contributed by atoms with Crippen LogP contribution in [0.2, 0.25) is 0 Å². The number of hydrogen-bond donors (Lipinski definition) is 0. The molecule has 1 fully saturated rings. The van der Waals surface area contributed by atoms with Crippen molar-refractivity contribution in [3.05, 3.63) is 71.6 Å². The number of fused-ring (bicyclic) bond motifs is 1. The van der Waals surface area contributed by atoms with Crippen molar-refractivity contribution in [3.8, 4) is 22.8 Å². The van der Waals surface area contributed by atoms with Gasteiger partial charge in [-0.25, -0.2) is 9.37 Å². The van der Waals surface area contributed by atoms with Gasteiger partial charge in [0, 0.05) is 24.0 Å². The van der Waals surface area contributed by atoms with E-state index in [0.717, 1.165) is 47.6 Å². The number of rotatable bonds is 5. The van der Waals surface area contributed by atoms with E-state index in [0.29, 0.717) is 24.0 Å². The first kappa shape index (κ1) is 19.1. The maximum absolute atomic E-state index is 13.3. The van der Waals surface area contributed by atoms with Gasteiger partial charge >= 0.3 is 0 Å². The van der Waals surface area contributed by atoms with Crippen molar-refractivity contribution >= 4 is 21.6 Å². The average molecular weight is 421 g/mol. The second-order valence-electron chi connectivity index (χ2n) is 7.09. The number of ether oxygens (including phenoxy) is 2. The molecule has 2 aromatic carbocycles. The van der Waals surface area contributed by atoms with Gasteiger partial charge in [-0.05, 0) is 29.8 Å². The Hall–Kier alpha value is -2.87. The number of benzene rings is 2. The summed E-state index contributed by atoms with van der Waals surface area (Å²) in [5, 5.41) is 2.96. The maximum atomic E-state index is 13.3. The van der Waals surface area contributed by atoms with Gasteiger partial charge in [0.1, 0.15) is 22.2 Å². The number of halogens is 1. The third kappa shape index (κ3) is 4.05. The first-order valence-electron chi connectivity index (χ1n) is 9.83. The summed E-state index contributed by atoms with van der Waals surface area (Å²) in [6, 6.07) is 16.1. The van der Waals surface area contributed by atoms with Gasteiger partial charge in [0.2, 0.25) is 5.88 Å². The van der Waals surface area contributed by atoms with Crippen LogP contribution < -0.4 is 4.74 Å². The highest BCUT2D eigenvalue weighted by Crippen LogP contribution is 2.39. The van der Waals surface area contributed by atoms with Crippen LogP contribution in [0.25, 0.3) is 21.3 Å². The molecule has 0 spiro atoms. The molecule has 0 amide bonds. The molecule has 0 unspecified atom stereocenters. The van der Waals surface area contributed by atoms with Gasteiger partial charge in [-0.15, -0.1) is 11.3 Å². The van der Waals surface area contributed by atoms with Crippen LogP contribution in [0.15, 0.2) is 60.0 Å². The van der Waals surface area contributed by atoms with Gasteiger partial charge in [-0.3, -0.25) is 4.90 Å². The molecule has 0 aliphatic carbocycles. The molecule has 5 rings (SSSR count). The topological polar surface area (TPSA) is 47.5 Å². The van der Waals surface area contributed by atoms with Crippen molar-refractivity contribution in [1.82, 2.24) is 14.9 Å². The Morgan fingerprint density at radius 1 is 1.00 bits per heavy atom. The largest absolute Gasteiger partial charge is 0.438 e. The van der Waals surface area contributed by atoms with Crippen LogP contribution in [-0.4, -0.2) is 41.2 Å². The number of aromatic nitrogens is 2. The second kappa shape index (κ2) is 8.47. The summed E-state index contributed by atoms with van der Waals surface area (Å²) in [6.45, 7) is 3.79. The zero-order chi connectivity index (χ0) is 20.3. The summed E-state index contributed by atoms with van der Waals surface area (Å²) >= 11 is 1.58.